The Balaban J connectivity index is 2.32. The van der Waals surface area contributed by atoms with Crippen LogP contribution in [-0.4, -0.2) is 23.2 Å². The number of rotatable bonds is 4. The maximum Gasteiger partial charge on any atom is 0.254 e. The number of carbonyl (C=O) groups is 1. The van der Waals surface area contributed by atoms with Crippen LogP contribution in [0.4, 0.5) is 0 Å². The number of amides is 1. The van der Waals surface area contributed by atoms with Crippen LogP contribution in [0, 0.1) is 0 Å². The molecule has 0 radical (unpaired) electrons. The smallest absolute Gasteiger partial charge is 0.254 e. The summed E-state index contributed by atoms with van der Waals surface area (Å²) in [5.41, 5.74) is 6.72. The fraction of sp³-hybridized carbons (Fsp3) is 0.667. The SMILES string of the molecule is CCC(N)C(O)C(=O)NC=C1CC1. The van der Waals surface area contributed by atoms with Crippen molar-refractivity contribution in [2.75, 3.05) is 0 Å². The van der Waals surface area contributed by atoms with Gasteiger partial charge in [0.05, 0.1) is 0 Å². The molecule has 0 aliphatic heterocycles. The van der Waals surface area contributed by atoms with E-state index >= 15 is 0 Å². The van der Waals surface area contributed by atoms with Gasteiger partial charge in [-0.05, 0) is 19.3 Å². The molecule has 1 saturated carbocycles. The topological polar surface area (TPSA) is 75.3 Å². The van der Waals surface area contributed by atoms with E-state index in [4.69, 9.17) is 5.73 Å². The van der Waals surface area contributed by atoms with Crippen molar-refractivity contribution >= 4 is 5.91 Å². The average Bonchev–Trinajstić information content (AvgIpc) is 2.95. The molecule has 0 aromatic rings. The maximum atomic E-state index is 11.2. The zero-order valence-corrected chi connectivity index (χ0v) is 7.79. The third-order valence-corrected chi connectivity index (χ3v) is 2.10. The van der Waals surface area contributed by atoms with Crippen molar-refractivity contribution in [2.24, 2.45) is 5.73 Å². The molecule has 0 heterocycles. The van der Waals surface area contributed by atoms with Crippen LogP contribution in [0.1, 0.15) is 26.2 Å². The van der Waals surface area contributed by atoms with Crippen LogP contribution >= 0.6 is 0 Å². The summed E-state index contributed by atoms with van der Waals surface area (Å²) >= 11 is 0. The quantitative estimate of drug-likeness (QED) is 0.570. The molecule has 2 atom stereocenters. The Morgan fingerprint density at radius 1 is 1.77 bits per heavy atom. The molecule has 4 heteroatoms. The van der Waals surface area contributed by atoms with Crippen LogP contribution < -0.4 is 11.1 Å². The predicted molar refractivity (Wildman–Crippen MR) is 49.7 cm³/mol. The van der Waals surface area contributed by atoms with E-state index in [-0.39, 0.29) is 0 Å². The lowest BCUT2D eigenvalue weighted by Crippen LogP contribution is -2.44. The van der Waals surface area contributed by atoms with Gasteiger partial charge in [-0.2, -0.15) is 0 Å². The van der Waals surface area contributed by atoms with Crippen molar-refractivity contribution < 1.29 is 9.90 Å². The number of aliphatic hydroxyl groups is 1. The normalized spacial score (nSPS) is 19.2. The molecule has 74 valence electrons. The maximum absolute atomic E-state index is 11.2. The molecule has 1 aliphatic rings. The van der Waals surface area contributed by atoms with Crippen molar-refractivity contribution in [3.8, 4) is 0 Å². The second kappa shape index (κ2) is 4.39. The van der Waals surface area contributed by atoms with E-state index in [2.05, 4.69) is 5.32 Å². The summed E-state index contributed by atoms with van der Waals surface area (Å²) in [5.74, 6) is -0.409. The van der Waals surface area contributed by atoms with E-state index in [1.165, 1.54) is 5.57 Å². The van der Waals surface area contributed by atoms with E-state index in [0.29, 0.717) is 6.42 Å². The number of allylic oxidation sites excluding steroid dienone is 1. The zero-order valence-electron chi connectivity index (χ0n) is 7.79. The molecule has 4 nitrogen and oxygen atoms in total. The second-order valence-corrected chi connectivity index (χ2v) is 3.33. The Bertz CT molecular complexity index is 220. The highest BCUT2D eigenvalue weighted by atomic mass is 16.3. The Morgan fingerprint density at radius 3 is 2.85 bits per heavy atom. The number of nitrogens with one attached hydrogen (secondary N) is 1. The molecule has 4 N–H and O–H groups in total. The Morgan fingerprint density at radius 2 is 2.38 bits per heavy atom. The van der Waals surface area contributed by atoms with Gasteiger partial charge in [-0.25, -0.2) is 0 Å². The molecule has 1 fully saturated rings. The molecule has 0 aromatic heterocycles. The molecule has 1 rings (SSSR count). The van der Waals surface area contributed by atoms with Gasteiger partial charge < -0.3 is 16.2 Å². The van der Waals surface area contributed by atoms with Crippen molar-refractivity contribution in [2.45, 2.75) is 38.3 Å². The van der Waals surface area contributed by atoms with E-state index < -0.39 is 18.1 Å². The monoisotopic (exact) mass is 184 g/mol. The van der Waals surface area contributed by atoms with E-state index in [9.17, 15) is 9.90 Å². The Kier molecular flexibility index (Phi) is 3.45. The molecule has 0 bridgehead atoms. The minimum Gasteiger partial charge on any atom is -0.382 e. The zero-order chi connectivity index (χ0) is 9.84. The third kappa shape index (κ3) is 3.16. The molecule has 1 amide bonds. The van der Waals surface area contributed by atoms with Gasteiger partial charge in [-0.3, -0.25) is 4.79 Å². The van der Waals surface area contributed by atoms with Crippen molar-refractivity contribution in [3.05, 3.63) is 11.8 Å². The summed E-state index contributed by atoms with van der Waals surface area (Å²) in [6.45, 7) is 1.83. The van der Waals surface area contributed by atoms with E-state index in [1.54, 1.807) is 6.20 Å². The van der Waals surface area contributed by atoms with Gasteiger partial charge in [0.25, 0.3) is 5.91 Å². The molecule has 0 saturated heterocycles. The standard InChI is InChI=1S/C9H16N2O2/c1-2-7(10)8(12)9(13)11-5-6-3-4-6/h5,7-8,12H,2-4,10H2,1H3,(H,11,13). The van der Waals surface area contributed by atoms with Crippen LogP contribution in [0.15, 0.2) is 11.8 Å². The lowest BCUT2D eigenvalue weighted by molar-refractivity contribution is -0.129. The first-order chi connectivity index (χ1) is 6.15. The van der Waals surface area contributed by atoms with Crippen LogP contribution in [0.5, 0.6) is 0 Å². The van der Waals surface area contributed by atoms with E-state index in [1.807, 2.05) is 6.92 Å². The summed E-state index contributed by atoms with van der Waals surface area (Å²) in [6, 6.07) is -0.474. The fourth-order valence-electron chi connectivity index (χ4n) is 0.893. The Labute approximate surface area is 77.8 Å². The van der Waals surface area contributed by atoms with Gasteiger partial charge in [-0.15, -0.1) is 0 Å². The van der Waals surface area contributed by atoms with Crippen LogP contribution in [-0.2, 0) is 4.79 Å². The largest absolute Gasteiger partial charge is 0.382 e. The average molecular weight is 184 g/mol. The third-order valence-electron chi connectivity index (χ3n) is 2.10. The minimum atomic E-state index is -1.10. The molecule has 0 spiro atoms. The van der Waals surface area contributed by atoms with Gasteiger partial charge in [-0.1, -0.05) is 12.5 Å². The molecular weight excluding hydrogens is 168 g/mol. The van der Waals surface area contributed by atoms with Crippen LogP contribution in [0.25, 0.3) is 0 Å². The molecule has 1 aliphatic carbocycles. The van der Waals surface area contributed by atoms with Crippen LogP contribution in [0.2, 0.25) is 0 Å². The summed E-state index contributed by atoms with van der Waals surface area (Å²) in [6.07, 6.45) is 3.26. The van der Waals surface area contributed by atoms with Gasteiger partial charge in [0.15, 0.2) is 0 Å². The van der Waals surface area contributed by atoms with Gasteiger partial charge in [0.2, 0.25) is 0 Å². The predicted octanol–water partition coefficient (Wildman–Crippen LogP) is -0.122. The van der Waals surface area contributed by atoms with Crippen molar-refractivity contribution in [1.82, 2.24) is 5.32 Å². The number of hydrogen-bond acceptors (Lipinski definition) is 3. The van der Waals surface area contributed by atoms with E-state index in [0.717, 1.165) is 12.8 Å². The highest BCUT2D eigenvalue weighted by molar-refractivity contribution is 5.82. The minimum absolute atomic E-state index is 0.409. The lowest BCUT2D eigenvalue weighted by Gasteiger charge is -2.14. The van der Waals surface area contributed by atoms with Gasteiger partial charge in [0, 0.05) is 12.2 Å². The van der Waals surface area contributed by atoms with Crippen LogP contribution in [0.3, 0.4) is 0 Å². The molecule has 2 unspecified atom stereocenters. The molecule has 13 heavy (non-hydrogen) atoms. The first-order valence-electron chi connectivity index (χ1n) is 4.57. The van der Waals surface area contributed by atoms with Crippen molar-refractivity contribution in [1.29, 1.82) is 0 Å². The molecule has 0 aromatic carbocycles. The van der Waals surface area contributed by atoms with Crippen molar-refractivity contribution in [3.63, 3.8) is 0 Å². The summed E-state index contributed by atoms with van der Waals surface area (Å²) < 4.78 is 0. The molecular formula is C9H16N2O2. The van der Waals surface area contributed by atoms with Gasteiger partial charge >= 0.3 is 0 Å². The number of carbonyl (C=O) groups excluding carboxylic acids is 1. The Hall–Kier alpha value is -0.870. The number of nitrogens with two attached hydrogens (primary N) is 1. The first-order valence-corrected chi connectivity index (χ1v) is 4.57. The van der Waals surface area contributed by atoms with Gasteiger partial charge in [0.1, 0.15) is 6.10 Å². The summed E-state index contributed by atoms with van der Waals surface area (Å²) in [5, 5.41) is 11.9. The number of hydrogen-bond donors (Lipinski definition) is 3. The lowest BCUT2D eigenvalue weighted by atomic mass is 10.1. The summed E-state index contributed by atoms with van der Waals surface area (Å²) in [4.78, 5) is 11.2. The second-order valence-electron chi connectivity index (χ2n) is 3.33. The first kappa shape index (κ1) is 10.2. The highest BCUT2D eigenvalue weighted by Gasteiger charge is 2.21. The highest BCUT2D eigenvalue weighted by Crippen LogP contribution is 2.26. The summed E-state index contributed by atoms with van der Waals surface area (Å²) in [7, 11) is 0. The number of aliphatic hydroxyl groups excluding tert-OH is 1. The fourth-order valence-corrected chi connectivity index (χ4v) is 0.893.